The van der Waals surface area contributed by atoms with Crippen LogP contribution in [0, 0.1) is 10.1 Å². The molecule has 0 radical (unpaired) electrons. The van der Waals surface area contributed by atoms with Gasteiger partial charge in [0.15, 0.2) is 0 Å². The Labute approximate surface area is 93.0 Å². The van der Waals surface area contributed by atoms with Gasteiger partial charge in [-0.2, -0.15) is 0 Å². The summed E-state index contributed by atoms with van der Waals surface area (Å²) in [6.45, 7) is 5.04. The summed E-state index contributed by atoms with van der Waals surface area (Å²) in [5, 5.41) is 13.3. The molecule has 0 saturated heterocycles. The molecule has 1 unspecified atom stereocenters. The van der Waals surface area contributed by atoms with E-state index in [1.807, 2.05) is 13.8 Å². The van der Waals surface area contributed by atoms with Crippen LogP contribution >= 0.6 is 0 Å². The van der Waals surface area contributed by atoms with Crippen LogP contribution in [0.25, 0.3) is 0 Å². The highest BCUT2D eigenvalue weighted by molar-refractivity contribution is 5.30. The molecule has 0 spiro atoms. The number of nitro groups is 1. The lowest BCUT2D eigenvalue weighted by Crippen LogP contribution is -2.20. The van der Waals surface area contributed by atoms with E-state index in [4.69, 9.17) is 4.74 Å². The molecule has 0 aliphatic heterocycles. The molecule has 1 heterocycles. The first kappa shape index (κ1) is 12.3. The summed E-state index contributed by atoms with van der Waals surface area (Å²) in [5.41, 5.74) is -0.122. The number of aromatic nitrogens is 2. The van der Waals surface area contributed by atoms with Gasteiger partial charge in [0.2, 0.25) is 5.95 Å². The highest BCUT2D eigenvalue weighted by atomic mass is 16.6. The zero-order valence-corrected chi connectivity index (χ0v) is 9.21. The Kier molecular flexibility index (Phi) is 4.59. The Morgan fingerprint density at radius 3 is 2.69 bits per heavy atom. The Balaban J connectivity index is 2.46. The molecule has 16 heavy (non-hydrogen) atoms. The topological polar surface area (TPSA) is 90.2 Å². The third kappa shape index (κ3) is 3.77. The second-order valence-electron chi connectivity index (χ2n) is 3.17. The van der Waals surface area contributed by atoms with Gasteiger partial charge in [0.05, 0.1) is 11.0 Å². The zero-order chi connectivity index (χ0) is 12.0. The van der Waals surface area contributed by atoms with Gasteiger partial charge in [0, 0.05) is 13.2 Å². The molecule has 1 atom stereocenters. The highest BCUT2D eigenvalue weighted by Crippen LogP contribution is 2.08. The third-order valence-electron chi connectivity index (χ3n) is 1.85. The van der Waals surface area contributed by atoms with Crippen molar-refractivity contribution >= 4 is 11.6 Å². The van der Waals surface area contributed by atoms with Crippen molar-refractivity contribution in [3.05, 3.63) is 22.5 Å². The summed E-state index contributed by atoms with van der Waals surface area (Å²) < 4.78 is 5.30. The lowest BCUT2D eigenvalue weighted by Gasteiger charge is -2.11. The van der Waals surface area contributed by atoms with Crippen molar-refractivity contribution in [2.24, 2.45) is 0 Å². The van der Waals surface area contributed by atoms with Gasteiger partial charge in [-0.15, -0.1) is 0 Å². The first-order valence-electron chi connectivity index (χ1n) is 4.95. The second kappa shape index (κ2) is 5.96. The van der Waals surface area contributed by atoms with Gasteiger partial charge in [-0.3, -0.25) is 10.1 Å². The van der Waals surface area contributed by atoms with Crippen LogP contribution in [0.5, 0.6) is 0 Å². The number of hydrogen-bond acceptors (Lipinski definition) is 6. The van der Waals surface area contributed by atoms with Gasteiger partial charge in [-0.05, 0) is 13.8 Å². The van der Waals surface area contributed by atoms with Crippen LogP contribution < -0.4 is 5.32 Å². The number of rotatable bonds is 6. The third-order valence-corrected chi connectivity index (χ3v) is 1.85. The first-order chi connectivity index (χ1) is 7.63. The fraction of sp³-hybridized carbons (Fsp3) is 0.556. The average molecular weight is 226 g/mol. The molecule has 0 amide bonds. The van der Waals surface area contributed by atoms with Crippen molar-refractivity contribution in [2.75, 3.05) is 18.5 Å². The van der Waals surface area contributed by atoms with Gasteiger partial charge >= 0.3 is 5.69 Å². The fourth-order valence-corrected chi connectivity index (χ4v) is 1.09. The number of anilines is 1. The number of nitrogens with zero attached hydrogens (tertiary/aromatic N) is 3. The predicted molar refractivity (Wildman–Crippen MR) is 58.3 cm³/mol. The molecule has 1 rings (SSSR count). The van der Waals surface area contributed by atoms with E-state index in [1.165, 1.54) is 12.4 Å². The zero-order valence-electron chi connectivity index (χ0n) is 9.21. The van der Waals surface area contributed by atoms with Gasteiger partial charge in [-0.1, -0.05) is 0 Å². The Morgan fingerprint density at radius 1 is 1.56 bits per heavy atom. The van der Waals surface area contributed by atoms with Crippen molar-refractivity contribution in [3.63, 3.8) is 0 Å². The minimum atomic E-state index is -0.535. The van der Waals surface area contributed by atoms with Gasteiger partial charge in [0.25, 0.3) is 0 Å². The summed E-state index contributed by atoms with van der Waals surface area (Å²) >= 11 is 0. The lowest BCUT2D eigenvalue weighted by molar-refractivity contribution is -0.385. The Bertz CT molecular complexity index is 341. The lowest BCUT2D eigenvalue weighted by atomic mass is 10.4. The van der Waals surface area contributed by atoms with Crippen LogP contribution in [0.3, 0.4) is 0 Å². The molecule has 0 bridgehead atoms. The van der Waals surface area contributed by atoms with E-state index in [2.05, 4.69) is 15.3 Å². The maximum absolute atomic E-state index is 10.3. The normalized spacial score (nSPS) is 12.1. The second-order valence-corrected chi connectivity index (χ2v) is 3.17. The fourth-order valence-electron chi connectivity index (χ4n) is 1.09. The molecular weight excluding hydrogens is 212 g/mol. The maximum atomic E-state index is 10.3. The molecule has 1 aromatic rings. The predicted octanol–water partition coefficient (Wildman–Crippen LogP) is 1.22. The Morgan fingerprint density at radius 2 is 2.19 bits per heavy atom. The molecule has 0 aliphatic carbocycles. The number of nitrogens with one attached hydrogen (secondary N) is 1. The van der Waals surface area contributed by atoms with E-state index in [0.29, 0.717) is 19.1 Å². The monoisotopic (exact) mass is 226 g/mol. The SMILES string of the molecule is CCOC(C)CNc1ncc([N+](=O)[O-])cn1. The molecule has 7 nitrogen and oxygen atoms in total. The van der Waals surface area contributed by atoms with Crippen LogP contribution in [0.15, 0.2) is 12.4 Å². The summed E-state index contributed by atoms with van der Waals surface area (Å²) in [5.74, 6) is 0.358. The van der Waals surface area contributed by atoms with Crippen molar-refractivity contribution in [1.29, 1.82) is 0 Å². The van der Waals surface area contributed by atoms with Gasteiger partial charge < -0.3 is 10.1 Å². The van der Waals surface area contributed by atoms with Crippen molar-refractivity contribution in [1.82, 2.24) is 9.97 Å². The highest BCUT2D eigenvalue weighted by Gasteiger charge is 2.07. The molecule has 1 N–H and O–H groups in total. The minimum absolute atomic E-state index is 0.0452. The summed E-state index contributed by atoms with van der Waals surface area (Å²) in [6.07, 6.45) is 2.38. The molecule has 0 aromatic carbocycles. The van der Waals surface area contributed by atoms with E-state index < -0.39 is 4.92 Å². The maximum Gasteiger partial charge on any atom is 0.305 e. The molecule has 7 heteroatoms. The van der Waals surface area contributed by atoms with E-state index in [9.17, 15) is 10.1 Å². The quantitative estimate of drug-likeness (QED) is 0.579. The van der Waals surface area contributed by atoms with Crippen LogP contribution in [0.1, 0.15) is 13.8 Å². The molecule has 88 valence electrons. The van der Waals surface area contributed by atoms with Crippen LogP contribution in [-0.2, 0) is 4.74 Å². The average Bonchev–Trinajstić information content (AvgIpc) is 2.27. The number of ether oxygens (including phenoxy) is 1. The standard InChI is InChI=1S/C9H14N4O3/c1-3-16-7(2)4-10-9-11-5-8(6-12-9)13(14)15/h5-7H,3-4H2,1-2H3,(H,10,11,12). The van der Waals surface area contributed by atoms with E-state index in [-0.39, 0.29) is 11.8 Å². The van der Waals surface area contributed by atoms with E-state index >= 15 is 0 Å². The largest absolute Gasteiger partial charge is 0.377 e. The van der Waals surface area contributed by atoms with Crippen molar-refractivity contribution in [2.45, 2.75) is 20.0 Å². The molecular formula is C9H14N4O3. The molecule has 0 aliphatic rings. The van der Waals surface area contributed by atoms with Gasteiger partial charge in [0.1, 0.15) is 12.4 Å². The smallest absolute Gasteiger partial charge is 0.305 e. The molecule has 0 saturated carbocycles. The first-order valence-corrected chi connectivity index (χ1v) is 4.95. The van der Waals surface area contributed by atoms with Crippen LogP contribution in [0.4, 0.5) is 11.6 Å². The van der Waals surface area contributed by atoms with Gasteiger partial charge in [-0.25, -0.2) is 9.97 Å². The van der Waals surface area contributed by atoms with E-state index in [1.54, 1.807) is 0 Å². The summed E-state index contributed by atoms with van der Waals surface area (Å²) in [7, 11) is 0. The molecule has 1 aromatic heterocycles. The van der Waals surface area contributed by atoms with Crippen LogP contribution in [0.2, 0.25) is 0 Å². The van der Waals surface area contributed by atoms with Crippen LogP contribution in [-0.4, -0.2) is 34.1 Å². The summed E-state index contributed by atoms with van der Waals surface area (Å²) in [4.78, 5) is 17.4. The van der Waals surface area contributed by atoms with Crippen molar-refractivity contribution < 1.29 is 9.66 Å². The van der Waals surface area contributed by atoms with E-state index in [0.717, 1.165) is 0 Å². The Hall–Kier alpha value is -1.76. The minimum Gasteiger partial charge on any atom is -0.377 e. The molecule has 0 fully saturated rings. The van der Waals surface area contributed by atoms with Crippen molar-refractivity contribution in [3.8, 4) is 0 Å². The number of hydrogen-bond donors (Lipinski definition) is 1. The summed E-state index contributed by atoms with van der Waals surface area (Å²) in [6, 6.07) is 0.